The zero-order valence-electron chi connectivity index (χ0n) is 20.2. The number of carbonyl (C=O) groups excluding carboxylic acids is 1. The van der Waals surface area contributed by atoms with E-state index in [0.29, 0.717) is 12.8 Å². The number of fused-ring (bicyclic) bond motifs is 5. The zero-order valence-corrected chi connectivity index (χ0v) is 20.2. The molecule has 0 aromatic heterocycles. The van der Waals surface area contributed by atoms with Crippen molar-refractivity contribution in [2.24, 2.45) is 0 Å². The first-order valence-electron chi connectivity index (χ1n) is 12.8. The molecule has 3 aromatic rings. The molecule has 2 bridgehead atoms. The summed E-state index contributed by atoms with van der Waals surface area (Å²) in [5, 5.41) is 11.5. The van der Waals surface area contributed by atoms with Gasteiger partial charge >= 0.3 is 12.3 Å². The van der Waals surface area contributed by atoms with Crippen molar-refractivity contribution in [3.05, 3.63) is 95.1 Å². The molecule has 1 amide bonds. The fourth-order valence-electron chi connectivity index (χ4n) is 6.75. The summed E-state index contributed by atoms with van der Waals surface area (Å²) in [6, 6.07) is 20.7. The van der Waals surface area contributed by atoms with Gasteiger partial charge in [0.05, 0.1) is 11.2 Å². The number of piperidine rings is 2. The maximum absolute atomic E-state index is 13.7. The Morgan fingerprint density at radius 3 is 2.03 bits per heavy atom. The Hall–Kier alpha value is -3.32. The van der Waals surface area contributed by atoms with Gasteiger partial charge in [-0.25, -0.2) is 4.79 Å². The van der Waals surface area contributed by atoms with Crippen molar-refractivity contribution < 1.29 is 27.8 Å². The van der Waals surface area contributed by atoms with Gasteiger partial charge in [-0.05, 0) is 53.1 Å². The van der Waals surface area contributed by atoms with E-state index in [1.165, 1.54) is 18.2 Å². The van der Waals surface area contributed by atoms with Crippen molar-refractivity contribution >= 4 is 6.09 Å². The Balaban J connectivity index is 1.22. The molecule has 3 aromatic carbocycles. The standard InChI is InChI=1S/C30H28F3NO3/c31-30(32,33)27-15-6-5-14-26(27)29(36)16-19-8-7-9-20(17-29)34(19)28(35)37-18-25-23-12-3-1-10-21(23)22-11-2-4-13-24(22)25/h1-6,10-15,19-20,25,36H,7-9,16-18H2. The molecule has 192 valence electrons. The number of nitrogens with zero attached hydrogens (tertiary/aromatic N) is 1. The molecule has 0 spiro atoms. The van der Waals surface area contributed by atoms with Crippen LogP contribution in [0.15, 0.2) is 72.8 Å². The molecule has 2 fully saturated rings. The second-order valence-electron chi connectivity index (χ2n) is 10.4. The Kier molecular flexibility index (Phi) is 5.79. The highest BCUT2D eigenvalue weighted by molar-refractivity contribution is 5.79. The van der Waals surface area contributed by atoms with Crippen molar-refractivity contribution in [3.63, 3.8) is 0 Å². The molecule has 2 aliphatic heterocycles. The summed E-state index contributed by atoms with van der Waals surface area (Å²) >= 11 is 0. The molecular formula is C30H28F3NO3. The summed E-state index contributed by atoms with van der Waals surface area (Å²) in [6.45, 7) is 0.184. The lowest BCUT2D eigenvalue weighted by molar-refractivity contribution is -0.144. The molecule has 7 heteroatoms. The van der Waals surface area contributed by atoms with Gasteiger partial charge in [0.15, 0.2) is 0 Å². The number of carbonyl (C=O) groups is 1. The summed E-state index contributed by atoms with van der Waals surface area (Å²) < 4.78 is 47.1. The van der Waals surface area contributed by atoms with E-state index in [9.17, 15) is 23.1 Å². The number of aliphatic hydroxyl groups is 1. The van der Waals surface area contributed by atoms with Gasteiger partial charge in [0.2, 0.25) is 0 Å². The average Bonchev–Trinajstić information content (AvgIpc) is 3.20. The Labute approximate surface area is 213 Å². The lowest BCUT2D eigenvalue weighted by Gasteiger charge is -2.51. The molecule has 4 nitrogen and oxygen atoms in total. The van der Waals surface area contributed by atoms with Crippen LogP contribution in [0.4, 0.5) is 18.0 Å². The number of hydrogen-bond acceptors (Lipinski definition) is 3. The van der Waals surface area contributed by atoms with E-state index in [2.05, 4.69) is 24.3 Å². The van der Waals surface area contributed by atoms with Gasteiger partial charge in [-0.2, -0.15) is 13.2 Å². The molecule has 0 radical (unpaired) electrons. The first kappa shape index (κ1) is 24.0. The first-order valence-corrected chi connectivity index (χ1v) is 12.8. The second kappa shape index (κ2) is 8.91. The van der Waals surface area contributed by atoms with Crippen molar-refractivity contribution in [3.8, 4) is 11.1 Å². The van der Waals surface area contributed by atoms with Crippen LogP contribution in [0.2, 0.25) is 0 Å². The van der Waals surface area contributed by atoms with Gasteiger partial charge in [-0.1, -0.05) is 66.7 Å². The normalized spacial score (nSPS) is 24.9. The van der Waals surface area contributed by atoms with Crippen LogP contribution in [-0.4, -0.2) is 34.8 Å². The minimum atomic E-state index is -4.56. The van der Waals surface area contributed by atoms with E-state index in [-0.39, 0.29) is 43.0 Å². The lowest BCUT2D eigenvalue weighted by Crippen LogP contribution is -2.59. The third kappa shape index (κ3) is 4.09. The summed E-state index contributed by atoms with van der Waals surface area (Å²) in [7, 11) is 0. The number of benzene rings is 3. The molecular weight excluding hydrogens is 479 g/mol. The smallest absolute Gasteiger partial charge is 0.416 e. The molecule has 6 rings (SSSR count). The highest BCUT2D eigenvalue weighted by Crippen LogP contribution is 2.48. The van der Waals surface area contributed by atoms with E-state index >= 15 is 0 Å². The van der Waals surface area contributed by atoms with Crippen LogP contribution in [0.3, 0.4) is 0 Å². The minimum absolute atomic E-state index is 0.0563. The summed E-state index contributed by atoms with van der Waals surface area (Å²) in [5.41, 5.74) is 1.95. The van der Waals surface area contributed by atoms with Crippen LogP contribution < -0.4 is 0 Å². The number of ether oxygens (including phenoxy) is 1. The molecule has 2 saturated heterocycles. The Morgan fingerprint density at radius 2 is 1.43 bits per heavy atom. The van der Waals surface area contributed by atoms with Gasteiger partial charge in [0.1, 0.15) is 6.61 Å². The van der Waals surface area contributed by atoms with Gasteiger partial charge in [0, 0.05) is 30.8 Å². The van der Waals surface area contributed by atoms with Gasteiger partial charge < -0.3 is 14.7 Å². The molecule has 1 N–H and O–H groups in total. The topological polar surface area (TPSA) is 49.8 Å². The maximum atomic E-state index is 13.7. The second-order valence-corrected chi connectivity index (χ2v) is 10.4. The van der Waals surface area contributed by atoms with Crippen molar-refractivity contribution in [1.29, 1.82) is 0 Å². The highest BCUT2D eigenvalue weighted by Gasteiger charge is 2.51. The lowest BCUT2D eigenvalue weighted by atomic mass is 9.71. The first-order chi connectivity index (χ1) is 17.8. The SMILES string of the molecule is O=C(OCC1c2ccccc2-c2ccccc21)N1C2CCCC1CC(O)(c1ccccc1C(F)(F)F)C2. The Morgan fingerprint density at radius 1 is 0.892 bits per heavy atom. The van der Waals surface area contributed by atoms with E-state index in [1.54, 1.807) is 4.90 Å². The predicted octanol–water partition coefficient (Wildman–Crippen LogP) is 6.86. The number of hydrogen-bond donors (Lipinski definition) is 1. The summed E-state index contributed by atoms with van der Waals surface area (Å²) in [5.74, 6) is -0.0726. The largest absolute Gasteiger partial charge is 0.448 e. The molecule has 1 aliphatic carbocycles. The summed E-state index contributed by atoms with van der Waals surface area (Å²) in [4.78, 5) is 15.1. The molecule has 2 unspecified atom stereocenters. The fourth-order valence-corrected chi connectivity index (χ4v) is 6.75. The summed E-state index contributed by atoms with van der Waals surface area (Å²) in [6.07, 6.45) is -2.80. The van der Waals surface area contributed by atoms with Crippen LogP contribution in [0.5, 0.6) is 0 Å². The third-order valence-electron chi connectivity index (χ3n) is 8.29. The minimum Gasteiger partial charge on any atom is -0.448 e. The van der Waals surface area contributed by atoms with Crippen LogP contribution in [0, 0.1) is 0 Å². The predicted molar refractivity (Wildman–Crippen MR) is 133 cm³/mol. The average molecular weight is 508 g/mol. The highest BCUT2D eigenvalue weighted by atomic mass is 19.4. The van der Waals surface area contributed by atoms with Gasteiger partial charge in [-0.15, -0.1) is 0 Å². The van der Waals surface area contributed by atoms with E-state index < -0.39 is 23.4 Å². The molecule has 0 saturated carbocycles. The Bertz CT molecular complexity index is 1280. The molecule has 37 heavy (non-hydrogen) atoms. The van der Waals surface area contributed by atoms with Crippen molar-refractivity contribution in [1.82, 2.24) is 4.90 Å². The number of amides is 1. The quantitative estimate of drug-likeness (QED) is 0.421. The van der Waals surface area contributed by atoms with Crippen LogP contribution in [-0.2, 0) is 16.5 Å². The maximum Gasteiger partial charge on any atom is 0.416 e. The third-order valence-corrected chi connectivity index (χ3v) is 8.29. The monoisotopic (exact) mass is 507 g/mol. The number of alkyl halides is 3. The van der Waals surface area contributed by atoms with Gasteiger partial charge in [-0.3, -0.25) is 0 Å². The zero-order chi connectivity index (χ0) is 25.8. The molecule has 2 heterocycles. The fraction of sp³-hybridized carbons (Fsp3) is 0.367. The number of rotatable bonds is 3. The van der Waals surface area contributed by atoms with Crippen molar-refractivity contribution in [2.75, 3.05) is 6.61 Å². The van der Waals surface area contributed by atoms with Gasteiger partial charge in [0.25, 0.3) is 0 Å². The van der Waals surface area contributed by atoms with Crippen LogP contribution in [0.25, 0.3) is 11.1 Å². The van der Waals surface area contributed by atoms with E-state index in [1.807, 2.05) is 24.3 Å². The van der Waals surface area contributed by atoms with E-state index in [4.69, 9.17) is 4.74 Å². The molecule has 3 aliphatic rings. The molecule has 2 atom stereocenters. The van der Waals surface area contributed by atoms with Crippen LogP contribution in [0.1, 0.15) is 60.3 Å². The van der Waals surface area contributed by atoms with Crippen LogP contribution >= 0.6 is 0 Å². The van der Waals surface area contributed by atoms with Crippen molar-refractivity contribution in [2.45, 2.75) is 61.9 Å². The van der Waals surface area contributed by atoms with E-state index in [0.717, 1.165) is 34.7 Å². The number of halogens is 3.